The molecule has 0 aliphatic carbocycles. The zero-order valence-electron chi connectivity index (χ0n) is 13.5. The molecule has 0 atom stereocenters. The van der Waals surface area contributed by atoms with Gasteiger partial charge in [-0.1, -0.05) is 36.4 Å². The highest BCUT2D eigenvalue weighted by molar-refractivity contribution is 7.18. The Morgan fingerprint density at radius 3 is 2.69 bits per heavy atom. The maximum Gasteiger partial charge on any atom is 0.252 e. The SMILES string of the molecule is O=C(Cc1nnc(Cc2nc3ccc(-c4ccccc4)cc3s2)o1)NO. The molecule has 0 unspecified atom stereocenters. The minimum Gasteiger partial charge on any atom is -0.424 e. The third-order valence-corrected chi connectivity index (χ3v) is 4.81. The van der Waals surface area contributed by atoms with Crippen molar-refractivity contribution in [2.45, 2.75) is 12.8 Å². The summed E-state index contributed by atoms with van der Waals surface area (Å²) in [4.78, 5) is 15.7. The number of nitrogens with zero attached hydrogens (tertiary/aromatic N) is 3. The second-order valence-corrected chi connectivity index (χ2v) is 6.75. The Bertz CT molecular complexity index is 1060. The molecular formula is C18H14N4O3S. The smallest absolute Gasteiger partial charge is 0.252 e. The summed E-state index contributed by atoms with van der Waals surface area (Å²) in [5.41, 5.74) is 4.75. The normalized spacial score (nSPS) is 11.0. The van der Waals surface area contributed by atoms with Crippen LogP contribution < -0.4 is 5.48 Å². The van der Waals surface area contributed by atoms with Crippen LogP contribution in [0.5, 0.6) is 0 Å². The number of nitrogens with one attached hydrogen (secondary N) is 1. The molecule has 2 heterocycles. The topological polar surface area (TPSA) is 101 Å². The molecule has 0 aliphatic rings. The number of carbonyl (C=O) groups excluding carboxylic acids is 1. The number of rotatable bonds is 5. The molecular weight excluding hydrogens is 352 g/mol. The Morgan fingerprint density at radius 1 is 1.08 bits per heavy atom. The van der Waals surface area contributed by atoms with Gasteiger partial charge in [-0.2, -0.15) is 0 Å². The lowest BCUT2D eigenvalue weighted by molar-refractivity contribution is -0.128. The first-order valence-corrected chi connectivity index (χ1v) is 8.72. The summed E-state index contributed by atoms with van der Waals surface area (Å²) in [6, 6.07) is 16.4. The summed E-state index contributed by atoms with van der Waals surface area (Å²) in [5.74, 6) is -0.0688. The van der Waals surface area contributed by atoms with Crippen LogP contribution in [0.3, 0.4) is 0 Å². The molecule has 0 fully saturated rings. The first kappa shape index (κ1) is 16.4. The Morgan fingerprint density at radius 2 is 1.88 bits per heavy atom. The number of hydroxylamine groups is 1. The Balaban J connectivity index is 1.55. The van der Waals surface area contributed by atoms with Gasteiger partial charge in [-0.25, -0.2) is 10.5 Å². The van der Waals surface area contributed by atoms with Crippen molar-refractivity contribution in [3.63, 3.8) is 0 Å². The van der Waals surface area contributed by atoms with E-state index >= 15 is 0 Å². The maximum absolute atomic E-state index is 11.1. The van der Waals surface area contributed by atoms with E-state index < -0.39 is 5.91 Å². The zero-order valence-corrected chi connectivity index (χ0v) is 14.4. The average molecular weight is 366 g/mol. The third kappa shape index (κ3) is 3.46. The van der Waals surface area contributed by atoms with Crippen LogP contribution in [0.2, 0.25) is 0 Å². The van der Waals surface area contributed by atoms with Crippen LogP contribution in [0.15, 0.2) is 52.9 Å². The molecule has 0 spiro atoms. The van der Waals surface area contributed by atoms with E-state index in [-0.39, 0.29) is 12.3 Å². The molecule has 4 aromatic rings. The molecule has 2 N–H and O–H groups in total. The number of aromatic nitrogens is 3. The molecule has 2 aromatic heterocycles. The van der Waals surface area contributed by atoms with Gasteiger partial charge >= 0.3 is 0 Å². The fourth-order valence-corrected chi connectivity index (χ4v) is 3.59. The van der Waals surface area contributed by atoms with E-state index in [1.165, 1.54) is 5.48 Å². The summed E-state index contributed by atoms with van der Waals surface area (Å²) in [6.45, 7) is 0. The maximum atomic E-state index is 11.1. The second kappa shape index (κ2) is 7.03. The molecule has 0 saturated heterocycles. The van der Waals surface area contributed by atoms with Gasteiger partial charge in [-0.3, -0.25) is 10.0 Å². The van der Waals surface area contributed by atoms with Gasteiger partial charge in [0.05, 0.1) is 16.6 Å². The second-order valence-electron chi connectivity index (χ2n) is 5.63. The van der Waals surface area contributed by atoms with Gasteiger partial charge in [0.2, 0.25) is 11.8 Å². The monoisotopic (exact) mass is 366 g/mol. The van der Waals surface area contributed by atoms with Gasteiger partial charge in [-0.15, -0.1) is 21.5 Å². The van der Waals surface area contributed by atoms with E-state index in [1.807, 2.05) is 24.3 Å². The summed E-state index contributed by atoms with van der Waals surface area (Å²) in [7, 11) is 0. The molecule has 4 rings (SSSR count). The van der Waals surface area contributed by atoms with Crippen molar-refractivity contribution in [2.24, 2.45) is 0 Å². The van der Waals surface area contributed by atoms with E-state index in [9.17, 15) is 4.79 Å². The van der Waals surface area contributed by atoms with Gasteiger partial charge < -0.3 is 4.42 Å². The Hall–Kier alpha value is -3.10. The highest BCUT2D eigenvalue weighted by Crippen LogP contribution is 2.29. The lowest BCUT2D eigenvalue weighted by atomic mass is 10.1. The number of fused-ring (bicyclic) bond motifs is 1. The summed E-state index contributed by atoms with van der Waals surface area (Å²) < 4.78 is 6.51. The van der Waals surface area contributed by atoms with E-state index in [2.05, 4.69) is 39.4 Å². The summed E-state index contributed by atoms with van der Waals surface area (Å²) in [5, 5.41) is 17.1. The van der Waals surface area contributed by atoms with Crippen LogP contribution >= 0.6 is 11.3 Å². The number of thiazole rings is 1. The summed E-state index contributed by atoms with van der Waals surface area (Å²) >= 11 is 1.57. The Labute approximate surface area is 152 Å². The van der Waals surface area contributed by atoms with Crippen molar-refractivity contribution in [3.05, 3.63) is 65.3 Å². The zero-order chi connectivity index (χ0) is 17.9. The number of hydrogen-bond donors (Lipinski definition) is 2. The minimum atomic E-state index is -0.603. The average Bonchev–Trinajstić information content (AvgIpc) is 3.28. The molecule has 130 valence electrons. The van der Waals surface area contributed by atoms with E-state index in [0.29, 0.717) is 12.3 Å². The van der Waals surface area contributed by atoms with Crippen LogP contribution in [0.4, 0.5) is 0 Å². The number of carbonyl (C=O) groups is 1. The molecule has 2 aromatic carbocycles. The first-order chi connectivity index (χ1) is 12.7. The van der Waals surface area contributed by atoms with Crippen molar-refractivity contribution in [1.82, 2.24) is 20.7 Å². The van der Waals surface area contributed by atoms with E-state index in [4.69, 9.17) is 9.62 Å². The molecule has 0 aliphatic heterocycles. The fraction of sp³-hybridized carbons (Fsp3) is 0.111. The largest absolute Gasteiger partial charge is 0.424 e. The predicted octanol–water partition coefficient (Wildman–Crippen LogP) is 2.99. The number of benzene rings is 2. The molecule has 1 amide bonds. The molecule has 0 radical (unpaired) electrons. The molecule has 0 bridgehead atoms. The van der Waals surface area contributed by atoms with Crippen molar-refractivity contribution in [2.75, 3.05) is 0 Å². The van der Waals surface area contributed by atoms with Crippen molar-refractivity contribution in [3.8, 4) is 11.1 Å². The van der Waals surface area contributed by atoms with Gasteiger partial charge in [0.1, 0.15) is 11.4 Å². The lowest BCUT2D eigenvalue weighted by Gasteiger charge is -2.00. The van der Waals surface area contributed by atoms with Crippen LogP contribution in [-0.4, -0.2) is 26.3 Å². The van der Waals surface area contributed by atoms with Crippen molar-refractivity contribution in [1.29, 1.82) is 0 Å². The van der Waals surface area contributed by atoms with Crippen LogP contribution in [-0.2, 0) is 17.6 Å². The first-order valence-electron chi connectivity index (χ1n) is 7.90. The highest BCUT2D eigenvalue weighted by atomic mass is 32.1. The number of amides is 1. The predicted molar refractivity (Wildman–Crippen MR) is 95.8 cm³/mol. The van der Waals surface area contributed by atoms with Gasteiger partial charge in [0, 0.05) is 0 Å². The molecule has 7 nitrogen and oxygen atoms in total. The number of hydrogen-bond acceptors (Lipinski definition) is 7. The van der Waals surface area contributed by atoms with Gasteiger partial charge in [0.25, 0.3) is 5.91 Å². The molecule has 8 heteroatoms. The van der Waals surface area contributed by atoms with Crippen LogP contribution in [0.25, 0.3) is 21.3 Å². The van der Waals surface area contributed by atoms with Crippen molar-refractivity contribution < 1.29 is 14.4 Å². The highest BCUT2D eigenvalue weighted by Gasteiger charge is 2.13. The Kier molecular flexibility index (Phi) is 4.42. The molecule has 0 saturated carbocycles. The molecule has 26 heavy (non-hydrogen) atoms. The van der Waals surface area contributed by atoms with Gasteiger partial charge in [-0.05, 0) is 23.3 Å². The lowest BCUT2D eigenvalue weighted by Crippen LogP contribution is -2.20. The van der Waals surface area contributed by atoms with Crippen molar-refractivity contribution >= 4 is 27.5 Å². The summed E-state index contributed by atoms with van der Waals surface area (Å²) in [6.07, 6.45) is 0.234. The van der Waals surface area contributed by atoms with Gasteiger partial charge in [0.15, 0.2) is 0 Å². The van der Waals surface area contributed by atoms with Crippen LogP contribution in [0.1, 0.15) is 16.8 Å². The quantitative estimate of drug-likeness (QED) is 0.416. The van der Waals surface area contributed by atoms with E-state index in [1.54, 1.807) is 11.3 Å². The van der Waals surface area contributed by atoms with E-state index in [0.717, 1.165) is 26.4 Å². The standard InChI is InChI=1S/C18H14N4O3S/c23-15(22-24)9-16-20-21-17(25-16)10-18-19-13-7-6-12(8-14(13)26-18)11-4-2-1-3-5-11/h1-8,24H,9-10H2,(H,22,23). The minimum absolute atomic E-state index is 0.152. The fourth-order valence-electron chi connectivity index (χ4n) is 2.60. The third-order valence-electron chi connectivity index (χ3n) is 3.79. The van der Waals surface area contributed by atoms with Crippen LogP contribution in [0, 0.1) is 0 Å².